The number of para-hydroxylation sites is 3. The van der Waals surface area contributed by atoms with Gasteiger partial charge >= 0.3 is 0 Å². The molecule has 54 heavy (non-hydrogen) atoms. The molecule has 0 saturated carbocycles. The van der Waals surface area contributed by atoms with Crippen LogP contribution in [0.1, 0.15) is 0 Å². The highest BCUT2D eigenvalue weighted by atomic mass is 15.0. The van der Waals surface area contributed by atoms with Crippen LogP contribution in [0.15, 0.2) is 194 Å². The Morgan fingerprint density at radius 2 is 0.926 bits per heavy atom. The third kappa shape index (κ3) is 4.64. The van der Waals surface area contributed by atoms with Crippen molar-refractivity contribution in [2.45, 2.75) is 0 Å². The van der Waals surface area contributed by atoms with Crippen LogP contribution in [-0.4, -0.2) is 19.1 Å². The van der Waals surface area contributed by atoms with Crippen LogP contribution in [0.3, 0.4) is 0 Å². The summed E-state index contributed by atoms with van der Waals surface area (Å²) in [6.45, 7) is 0. The smallest absolute Gasteiger partial charge is 0.0972 e. The minimum atomic E-state index is 0.850. The lowest BCUT2D eigenvalue weighted by molar-refractivity contribution is 1.17. The van der Waals surface area contributed by atoms with Gasteiger partial charge in [0, 0.05) is 55.0 Å². The summed E-state index contributed by atoms with van der Waals surface area (Å²) in [6, 6.07) is 66.9. The third-order valence-corrected chi connectivity index (χ3v) is 10.8. The molecule has 0 radical (unpaired) electrons. The Bertz CT molecular complexity index is 3180. The zero-order chi connectivity index (χ0) is 35.6. The Labute approximate surface area is 311 Å². The summed E-state index contributed by atoms with van der Waals surface area (Å²) in [5, 5.41) is 7.47. The first-order valence-electron chi connectivity index (χ1n) is 18.3. The van der Waals surface area contributed by atoms with Crippen LogP contribution < -0.4 is 0 Å². The predicted octanol–water partition coefficient (Wildman–Crippen LogP) is 12.8. The highest BCUT2D eigenvalue weighted by Gasteiger charge is 2.21. The van der Waals surface area contributed by atoms with Gasteiger partial charge < -0.3 is 9.13 Å². The van der Waals surface area contributed by atoms with Crippen molar-refractivity contribution in [2.24, 2.45) is 0 Å². The van der Waals surface area contributed by atoms with E-state index < -0.39 is 0 Å². The minimum absolute atomic E-state index is 0.850. The topological polar surface area (TPSA) is 35.6 Å². The van der Waals surface area contributed by atoms with E-state index >= 15 is 0 Å². The van der Waals surface area contributed by atoms with E-state index in [9.17, 15) is 0 Å². The number of hydrogen-bond donors (Lipinski definition) is 0. The molecular weight excluding hydrogens is 657 g/mol. The lowest BCUT2D eigenvalue weighted by atomic mass is 10.0. The predicted molar refractivity (Wildman–Crippen MR) is 225 cm³/mol. The Hall–Kier alpha value is -7.30. The summed E-state index contributed by atoms with van der Waals surface area (Å²) < 4.78 is 4.86. The maximum absolute atomic E-state index is 5.22. The molecule has 11 rings (SSSR count). The second-order valence-corrected chi connectivity index (χ2v) is 13.8. The van der Waals surface area contributed by atoms with Gasteiger partial charge in [-0.3, -0.25) is 4.98 Å². The van der Waals surface area contributed by atoms with Gasteiger partial charge in [0.1, 0.15) is 0 Å². The first-order chi connectivity index (χ1) is 26.8. The van der Waals surface area contributed by atoms with Crippen LogP contribution in [0.5, 0.6) is 0 Å². The van der Waals surface area contributed by atoms with Gasteiger partial charge in [0.05, 0.1) is 45.3 Å². The fourth-order valence-electron chi connectivity index (χ4n) is 8.36. The number of nitrogens with zero attached hydrogens (tertiary/aromatic N) is 4. The second-order valence-electron chi connectivity index (χ2n) is 13.8. The van der Waals surface area contributed by atoms with E-state index in [0.29, 0.717) is 0 Å². The fourth-order valence-corrected chi connectivity index (χ4v) is 8.36. The van der Waals surface area contributed by atoms with Crippen molar-refractivity contribution in [2.75, 3.05) is 0 Å². The molecular formula is C50H32N4. The highest BCUT2D eigenvalue weighted by Crippen LogP contribution is 2.43. The van der Waals surface area contributed by atoms with Crippen molar-refractivity contribution in [3.8, 4) is 45.1 Å². The number of benzene rings is 8. The molecule has 0 unspecified atom stereocenters. The normalized spacial score (nSPS) is 11.7. The van der Waals surface area contributed by atoms with Crippen molar-refractivity contribution < 1.29 is 0 Å². The van der Waals surface area contributed by atoms with Crippen molar-refractivity contribution in [1.82, 2.24) is 19.1 Å². The lowest BCUT2D eigenvalue weighted by Gasteiger charge is -2.13. The number of rotatable bonds is 5. The van der Waals surface area contributed by atoms with E-state index in [2.05, 4.69) is 161 Å². The zero-order valence-corrected chi connectivity index (χ0v) is 29.3. The zero-order valence-electron chi connectivity index (χ0n) is 29.3. The molecule has 0 fully saturated rings. The molecule has 4 heteroatoms. The first kappa shape index (κ1) is 30.3. The van der Waals surface area contributed by atoms with Gasteiger partial charge in [-0.15, -0.1) is 0 Å². The van der Waals surface area contributed by atoms with Crippen LogP contribution in [0, 0.1) is 0 Å². The van der Waals surface area contributed by atoms with E-state index in [-0.39, 0.29) is 0 Å². The molecule has 0 N–H and O–H groups in total. The average molecular weight is 689 g/mol. The molecule has 252 valence electrons. The quantitative estimate of drug-likeness (QED) is 0.180. The maximum atomic E-state index is 5.22. The molecule has 3 aromatic heterocycles. The molecule has 0 aliphatic heterocycles. The van der Waals surface area contributed by atoms with Gasteiger partial charge in [0.2, 0.25) is 0 Å². The van der Waals surface area contributed by atoms with Crippen molar-refractivity contribution in [1.29, 1.82) is 0 Å². The number of aromatic nitrogens is 4. The van der Waals surface area contributed by atoms with Crippen molar-refractivity contribution >= 4 is 54.4 Å². The Morgan fingerprint density at radius 1 is 0.352 bits per heavy atom. The molecule has 0 bridgehead atoms. The van der Waals surface area contributed by atoms with Gasteiger partial charge in [-0.05, 0) is 47.9 Å². The van der Waals surface area contributed by atoms with E-state index in [0.717, 1.165) is 45.1 Å². The number of hydrogen-bond acceptors (Lipinski definition) is 2. The fraction of sp³-hybridized carbons (Fsp3) is 0. The van der Waals surface area contributed by atoms with Gasteiger partial charge in [0.15, 0.2) is 0 Å². The molecule has 11 aromatic rings. The van der Waals surface area contributed by atoms with E-state index in [1.165, 1.54) is 54.4 Å². The molecule has 8 aromatic carbocycles. The van der Waals surface area contributed by atoms with E-state index in [1.54, 1.807) is 0 Å². The maximum Gasteiger partial charge on any atom is 0.0972 e. The first-order valence-corrected chi connectivity index (χ1v) is 18.3. The second kappa shape index (κ2) is 12.1. The Kier molecular flexibility index (Phi) is 6.82. The third-order valence-electron chi connectivity index (χ3n) is 10.8. The summed E-state index contributed by atoms with van der Waals surface area (Å²) in [6.07, 6.45) is 1.88. The summed E-state index contributed by atoms with van der Waals surface area (Å²) in [5.74, 6) is 0. The highest BCUT2D eigenvalue weighted by molar-refractivity contribution is 6.30. The average Bonchev–Trinajstić information content (AvgIpc) is 3.78. The molecule has 0 saturated heterocycles. The Morgan fingerprint density at radius 3 is 1.67 bits per heavy atom. The summed E-state index contributed by atoms with van der Waals surface area (Å²) >= 11 is 0. The van der Waals surface area contributed by atoms with E-state index in [4.69, 9.17) is 9.97 Å². The summed E-state index contributed by atoms with van der Waals surface area (Å²) in [5.41, 5.74) is 12.7. The van der Waals surface area contributed by atoms with Gasteiger partial charge in [0.25, 0.3) is 0 Å². The summed E-state index contributed by atoms with van der Waals surface area (Å²) in [7, 11) is 0. The van der Waals surface area contributed by atoms with Gasteiger partial charge in [-0.25, -0.2) is 4.98 Å². The van der Waals surface area contributed by atoms with Crippen LogP contribution in [0.25, 0.3) is 99.5 Å². The minimum Gasteiger partial charge on any atom is -0.309 e. The largest absolute Gasteiger partial charge is 0.309 e. The standard InChI is InChI=1S/C50H32N4/c1-4-14-33(15-5-1)42-32-51-48(35-16-6-2-7-17-35)49(52-42)36-24-28-38(29-25-36)53-44-23-13-11-21-41(44)47-45(53)31-27-34-26-30-40-39-20-10-12-22-43(39)54(50(40)46(34)47)37-18-8-3-9-19-37/h1-32H. The van der Waals surface area contributed by atoms with E-state index in [1.807, 2.05) is 42.6 Å². The van der Waals surface area contributed by atoms with Crippen molar-refractivity contribution in [3.63, 3.8) is 0 Å². The molecule has 0 amide bonds. The molecule has 0 aliphatic rings. The van der Waals surface area contributed by atoms with Crippen LogP contribution in [-0.2, 0) is 0 Å². The van der Waals surface area contributed by atoms with Gasteiger partial charge in [-0.1, -0.05) is 146 Å². The molecule has 4 nitrogen and oxygen atoms in total. The van der Waals surface area contributed by atoms with Crippen molar-refractivity contribution in [3.05, 3.63) is 194 Å². The molecule has 0 aliphatic carbocycles. The Balaban J connectivity index is 1.15. The molecule has 0 spiro atoms. The van der Waals surface area contributed by atoms with Gasteiger partial charge in [-0.2, -0.15) is 0 Å². The summed E-state index contributed by atoms with van der Waals surface area (Å²) in [4.78, 5) is 10.2. The monoisotopic (exact) mass is 688 g/mol. The SMILES string of the molecule is c1ccc(-c2cnc(-c3ccccc3)c(-c3ccc(-n4c5ccccc5c5c6c(ccc7c8ccccc8n(-c8ccccc8)c76)ccc54)cc3)n2)cc1. The van der Waals surface area contributed by atoms with Crippen LogP contribution in [0.4, 0.5) is 0 Å². The lowest BCUT2D eigenvalue weighted by Crippen LogP contribution is -1.97. The molecule has 3 heterocycles. The molecule has 0 atom stereocenters. The van der Waals surface area contributed by atoms with Crippen LogP contribution >= 0.6 is 0 Å². The number of fused-ring (bicyclic) bond motifs is 9. The van der Waals surface area contributed by atoms with Crippen LogP contribution in [0.2, 0.25) is 0 Å².